The normalized spacial score (nSPS) is 12.9. The molecule has 1 amide bonds. The highest BCUT2D eigenvalue weighted by Crippen LogP contribution is 2.08. The van der Waals surface area contributed by atoms with Crippen molar-refractivity contribution >= 4 is 5.91 Å². The van der Waals surface area contributed by atoms with Gasteiger partial charge in [0.2, 0.25) is 0 Å². The van der Waals surface area contributed by atoms with E-state index in [9.17, 15) is 4.79 Å². The number of aromatic nitrogens is 3. The van der Waals surface area contributed by atoms with E-state index in [0.717, 1.165) is 6.42 Å². The molecule has 0 saturated carbocycles. The fourth-order valence-electron chi connectivity index (χ4n) is 1.97. The lowest BCUT2D eigenvalue weighted by atomic mass is 10.0. The maximum absolute atomic E-state index is 12.0. The molecule has 0 aliphatic heterocycles. The van der Waals surface area contributed by atoms with Crippen LogP contribution < -0.4 is 11.1 Å². The summed E-state index contributed by atoms with van der Waals surface area (Å²) in [5, 5.41) is 10.6. The minimum atomic E-state index is -0.191. The van der Waals surface area contributed by atoms with Crippen molar-refractivity contribution in [1.29, 1.82) is 0 Å². The first-order chi connectivity index (χ1) is 9.43. The van der Waals surface area contributed by atoms with Gasteiger partial charge in [0.15, 0.2) is 5.69 Å². The third kappa shape index (κ3) is 5.26. The molecule has 1 heterocycles. The largest absolute Gasteiger partial charge is 0.349 e. The van der Waals surface area contributed by atoms with E-state index in [4.69, 9.17) is 5.73 Å². The Kier molecular flexibility index (Phi) is 6.60. The van der Waals surface area contributed by atoms with Crippen LogP contribution in [-0.4, -0.2) is 59.0 Å². The standard InChI is InChI=1S/C13H26N6O/c1-10(2)7-11(18(3)4)8-15-13(20)12-9-19(6-5-14)17-16-12/h9-11H,5-8,14H2,1-4H3,(H,15,20). The highest BCUT2D eigenvalue weighted by atomic mass is 16.2. The van der Waals surface area contributed by atoms with Gasteiger partial charge in [-0.25, -0.2) is 0 Å². The Morgan fingerprint density at radius 1 is 1.50 bits per heavy atom. The Bertz CT molecular complexity index is 415. The van der Waals surface area contributed by atoms with Crippen molar-refractivity contribution in [3.8, 4) is 0 Å². The van der Waals surface area contributed by atoms with E-state index in [2.05, 4.69) is 34.4 Å². The Morgan fingerprint density at radius 3 is 2.75 bits per heavy atom. The van der Waals surface area contributed by atoms with Gasteiger partial charge < -0.3 is 16.0 Å². The molecule has 3 N–H and O–H groups in total. The van der Waals surface area contributed by atoms with E-state index in [1.807, 2.05) is 14.1 Å². The van der Waals surface area contributed by atoms with Gasteiger partial charge in [-0.05, 0) is 26.4 Å². The van der Waals surface area contributed by atoms with Gasteiger partial charge in [-0.1, -0.05) is 19.1 Å². The lowest BCUT2D eigenvalue weighted by molar-refractivity contribution is 0.0933. The first-order valence-corrected chi connectivity index (χ1v) is 6.98. The number of nitrogens with two attached hydrogens (primary N) is 1. The predicted molar refractivity (Wildman–Crippen MR) is 78.3 cm³/mol. The molecule has 0 aromatic carbocycles. The van der Waals surface area contributed by atoms with Gasteiger partial charge in [-0.2, -0.15) is 0 Å². The third-order valence-corrected chi connectivity index (χ3v) is 3.10. The van der Waals surface area contributed by atoms with Crippen LogP contribution in [0.15, 0.2) is 6.20 Å². The molecule has 0 bridgehead atoms. The highest BCUT2D eigenvalue weighted by molar-refractivity contribution is 5.91. The van der Waals surface area contributed by atoms with Gasteiger partial charge >= 0.3 is 0 Å². The van der Waals surface area contributed by atoms with Crippen LogP contribution in [0, 0.1) is 5.92 Å². The molecule has 1 rings (SSSR count). The van der Waals surface area contributed by atoms with Crippen LogP contribution in [0.25, 0.3) is 0 Å². The molecule has 0 aliphatic rings. The van der Waals surface area contributed by atoms with Crippen LogP contribution in [0.3, 0.4) is 0 Å². The average molecular weight is 282 g/mol. The Morgan fingerprint density at radius 2 is 2.20 bits per heavy atom. The first kappa shape index (κ1) is 16.6. The molecule has 1 aromatic rings. The number of nitrogens with one attached hydrogen (secondary N) is 1. The number of rotatable bonds is 8. The van der Waals surface area contributed by atoms with Crippen molar-refractivity contribution in [3.63, 3.8) is 0 Å². The van der Waals surface area contributed by atoms with Crippen molar-refractivity contribution in [2.24, 2.45) is 11.7 Å². The van der Waals surface area contributed by atoms with Crippen LogP contribution in [0.1, 0.15) is 30.8 Å². The smallest absolute Gasteiger partial charge is 0.273 e. The SMILES string of the molecule is CC(C)CC(CNC(=O)c1cn(CCN)nn1)N(C)C. The molecule has 0 fully saturated rings. The van der Waals surface area contributed by atoms with Crippen molar-refractivity contribution < 1.29 is 4.79 Å². The summed E-state index contributed by atoms with van der Waals surface area (Å²) in [7, 11) is 4.05. The molecule has 0 spiro atoms. The zero-order chi connectivity index (χ0) is 15.1. The quantitative estimate of drug-likeness (QED) is 0.697. The maximum atomic E-state index is 12.0. The van der Waals surface area contributed by atoms with E-state index in [-0.39, 0.29) is 5.91 Å². The van der Waals surface area contributed by atoms with Gasteiger partial charge in [0.05, 0.1) is 12.7 Å². The van der Waals surface area contributed by atoms with E-state index < -0.39 is 0 Å². The average Bonchev–Trinajstić information content (AvgIpc) is 2.82. The molecular weight excluding hydrogens is 256 g/mol. The monoisotopic (exact) mass is 282 g/mol. The van der Waals surface area contributed by atoms with Gasteiger partial charge in [-0.15, -0.1) is 5.10 Å². The predicted octanol–water partition coefficient (Wildman–Crippen LogP) is -0.0571. The van der Waals surface area contributed by atoms with Gasteiger partial charge in [-0.3, -0.25) is 9.48 Å². The molecule has 1 unspecified atom stereocenters. The summed E-state index contributed by atoms with van der Waals surface area (Å²) >= 11 is 0. The van der Waals surface area contributed by atoms with Crippen molar-refractivity contribution in [2.45, 2.75) is 32.9 Å². The summed E-state index contributed by atoms with van der Waals surface area (Å²) in [6, 6.07) is 0.318. The van der Waals surface area contributed by atoms with Crippen LogP contribution >= 0.6 is 0 Å². The molecule has 20 heavy (non-hydrogen) atoms. The van der Waals surface area contributed by atoms with Crippen LogP contribution in [0.5, 0.6) is 0 Å². The molecule has 0 saturated heterocycles. The third-order valence-electron chi connectivity index (χ3n) is 3.10. The van der Waals surface area contributed by atoms with Crippen molar-refractivity contribution in [2.75, 3.05) is 27.2 Å². The van der Waals surface area contributed by atoms with Gasteiger partial charge in [0.25, 0.3) is 5.91 Å². The number of nitrogens with zero attached hydrogens (tertiary/aromatic N) is 4. The molecule has 7 nitrogen and oxygen atoms in total. The number of amides is 1. The Balaban J connectivity index is 2.51. The van der Waals surface area contributed by atoms with Crippen molar-refractivity contribution in [3.05, 3.63) is 11.9 Å². The zero-order valence-corrected chi connectivity index (χ0v) is 12.8. The Hall–Kier alpha value is -1.47. The number of hydrogen-bond acceptors (Lipinski definition) is 5. The molecule has 0 radical (unpaired) electrons. The molecule has 7 heteroatoms. The first-order valence-electron chi connectivity index (χ1n) is 6.98. The van der Waals surface area contributed by atoms with E-state index in [1.165, 1.54) is 0 Å². The molecule has 1 aromatic heterocycles. The fourth-order valence-corrected chi connectivity index (χ4v) is 1.97. The second-order valence-electron chi connectivity index (χ2n) is 5.61. The summed E-state index contributed by atoms with van der Waals surface area (Å²) in [4.78, 5) is 14.1. The van der Waals surface area contributed by atoms with E-state index >= 15 is 0 Å². The molecule has 1 atom stereocenters. The summed E-state index contributed by atoms with van der Waals surface area (Å²) < 4.78 is 1.58. The molecule has 0 aliphatic carbocycles. The molecular formula is C13H26N6O. The highest BCUT2D eigenvalue weighted by Gasteiger charge is 2.16. The topological polar surface area (TPSA) is 89.1 Å². The van der Waals surface area contributed by atoms with Crippen LogP contribution in [0.4, 0.5) is 0 Å². The summed E-state index contributed by atoms with van der Waals surface area (Å²) in [6.07, 6.45) is 2.66. The lowest BCUT2D eigenvalue weighted by Crippen LogP contribution is -2.41. The van der Waals surface area contributed by atoms with Crippen molar-refractivity contribution in [1.82, 2.24) is 25.2 Å². The molecule has 114 valence electrons. The van der Waals surface area contributed by atoms with E-state index in [1.54, 1.807) is 10.9 Å². The maximum Gasteiger partial charge on any atom is 0.273 e. The fraction of sp³-hybridized carbons (Fsp3) is 0.769. The second kappa shape index (κ2) is 7.96. The number of hydrogen-bond donors (Lipinski definition) is 2. The zero-order valence-electron chi connectivity index (χ0n) is 12.8. The number of likely N-dealkylation sites (N-methyl/N-ethyl adjacent to an activating group) is 1. The minimum Gasteiger partial charge on any atom is -0.349 e. The van der Waals surface area contributed by atoms with Crippen LogP contribution in [-0.2, 0) is 6.54 Å². The number of carbonyl (C=O) groups is 1. The summed E-state index contributed by atoms with van der Waals surface area (Å²) in [5.41, 5.74) is 5.76. The van der Waals surface area contributed by atoms with E-state index in [0.29, 0.717) is 37.3 Å². The lowest BCUT2D eigenvalue weighted by Gasteiger charge is -2.26. The van der Waals surface area contributed by atoms with Gasteiger partial charge in [0, 0.05) is 19.1 Å². The van der Waals surface area contributed by atoms with Crippen LogP contribution in [0.2, 0.25) is 0 Å². The van der Waals surface area contributed by atoms with Gasteiger partial charge in [0.1, 0.15) is 0 Å². The minimum absolute atomic E-state index is 0.191. The Labute approximate surface area is 120 Å². The number of carbonyl (C=O) groups excluding carboxylic acids is 1. The summed E-state index contributed by atoms with van der Waals surface area (Å²) in [6.45, 7) is 6.00. The summed E-state index contributed by atoms with van der Waals surface area (Å²) in [5.74, 6) is 0.397. The second-order valence-corrected chi connectivity index (χ2v) is 5.61.